The minimum absolute atomic E-state index is 0.673. The highest BCUT2D eigenvalue weighted by Crippen LogP contribution is 2.29. The van der Waals surface area contributed by atoms with Crippen LogP contribution in [0, 0.1) is 0 Å². The summed E-state index contributed by atoms with van der Waals surface area (Å²) in [6.07, 6.45) is 1.78. The highest BCUT2D eigenvalue weighted by molar-refractivity contribution is 7.13. The van der Waals surface area contributed by atoms with Crippen LogP contribution in [0.15, 0.2) is 90.4 Å². The normalized spacial score (nSPS) is 10.7. The third kappa shape index (κ3) is 4.33. The molecule has 0 aliphatic heterocycles. The Bertz CT molecular complexity index is 1320. The van der Waals surface area contributed by atoms with Gasteiger partial charge < -0.3 is 10.1 Å². The smallest absolute Gasteiger partial charge is 0.153 e. The van der Waals surface area contributed by atoms with Crippen LogP contribution in [-0.2, 0) is 0 Å². The van der Waals surface area contributed by atoms with E-state index in [2.05, 4.69) is 26.6 Å². The number of methoxy groups -OCH3 is 1. The number of nitrogens with one attached hydrogen (secondary N) is 1. The number of benzene rings is 2. The van der Waals surface area contributed by atoms with Gasteiger partial charge in [0.05, 0.1) is 24.2 Å². The zero-order valence-electron chi connectivity index (χ0n) is 17.3. The molecule has 3 aromatic heterocycles. The molecular formula is C25H19N5OS. The molecule has 156 valence electrons. The van der Waals surface area contributed by atoms with E-state index in [1.807, 2.05) is 78.2 Å². The van der Waals surface area contributed by atoms with Crippen molar-refractivity contribution in [2.75, 3.05) is 12.4 Å². The molecule has 1 N–H and O–H groups in total. The number of aromatic nitrogens is 4. The quantitative estimate of drug-likeness (QED) is 0.347. The Morgan fingerprint density at radius 1 is 0.781 bits per heavy atom. The molecule has 0 spiro atoms. The van der Waals surface area contributed by atoms with Crippen molar-refractivity contribution >= 4 is 22.8 Å². The molecular weight excluding hydrogens is 418 g/mol. The fourth-order valence-corrected chi connectivity index (χ4v) is 4.04. The van der Waals surface area contributed by atoms with Crippen LogP contribution in [0.2, 0.25) is 0 Å². The zero-order chi connectivity index (χ0) is 21.8. The lowest BCUT2D eigenvalue weighted by Crippen LogP contribution is -1.96. The summed E-state index contributed by atoms with van der Waals surface area (Å²) in [7, 11) is 1.65. The molecule has 0 atom stereocenters. The van der Waals surface area contributed by atoms with Gasteiger partial charge in [0.25, 0.3) is 0 Å². The van der Waals surface area contributed by atoms with Crippen molar-refractivity contribution in [3.05, 3.63) is 90.4 Å². The van der Waals surface area contributed by atoms with E-state index in [0.29, 0.717) is 5.82 Å². The molecule has 0 radical (unpaired) electrons. The van der Waals surface area contributed by atoms with E-state index in [-0.39, 0.29) is 0 Å². The van der Waals surface area contributed by atoms with Gasteiger partial charge in [0, 0.05) is 28.4 Å². The van der Waals surface area contributed by atoms with E-state index in [1.165, 1.54) is 0 Å². The average molecular weight is 438 g/mol. The first-order chi connectivity index (χ1) is 15.8. The number of hydrogen-bond donors (Lipinski definition) is 1. The van der Waals surface area contributed by atoms with Crippen LogP contribution in [0.3, 0.4) is 0 Å². The van der Waals surface area contributed by atoms with Crippen LogP contribution in [0.5, 0.6) is 5.75 Å². The lowest BCUT2D eigenvalue weighted by Gasteiger charge is -2.07. The molecule has 7 heteroatoms. The number of thiazole rings is 1. The van der Waals surface area contributed by atoms with Crippen LogP contribution >= 0.6 is 11.3 Å². The van der Waals surface area contributed by atoms with E-state index in [0.717, 1.165) is 44.7 Å². The van der Waals surface area contributed by atoms with Crippen molar-refractivity contribution < 1.29 is 4.74 Å². The van der Waals surface area contributed by atoms with E-state index < -0.39 is 0 Å². The molecule has 5 aromatic rings. The van der Waals surface area contributed by atoms with Crippen molar-refractivity contribution in [3.8, 4) is 39.0 Å². The van der Waals surface area contributed by atoms with Crippen molar-refractivity contribution in [2.45, 2.75) is 0 Å². The molecule has 0 bridgehead atoms. The Balaban J connectivity index is 1.32. The number of rotatable bonds is 6. The van der Waals surface area contributed by atoms with Crippen molar-refractivity contribution in [1.29, 1.82) is 0 Å². The molecule has 0 amide bonds. The molecule has 0 saturated heterocycles. The molecule has 0 aliphatic carbocycles. The van der Waals surface area contributed by atoms with Gasteiger partial charge in [-0.15, -0.1) is 21.5 Å². The van der Waals surface area contributed by atoms with Gasteiger partial charge in [-0.2, -0.15) is 0 Å². The van der Waals surface area contributed by atoms with E-state index in [4.69, 9.17) is 9.72 Å². The van der Waals surface area contributed by atoms with Crippen molar-refractivity contribution in [2.24, 2.45) is 0 Å². The van der Waals surface area contributed by atoms with Gasteiger partial charge in [0.15, 0.2) is 5.82 Å². The number of nitrogens with zero attached hydrogens (tertiary/aromatic N) is 4. The predicted molar refractivity (Wildman–Crippen MR) is 128 cm³/mol. The first-order valence-electron chi connectivity index (χ1n) is 10.0. The Kier molecular flexibility index (Phi) is 5.55. The molecule has 0 saturated carbocycles. The molecule has 0 fully saturated rings. The Labute approximate surface area is 189 Å². The third-order valence-electron chi connectivity index (χ3n) is 4.87. The second-order valence-corrected chi connectivity index (χ2v) is 7.85. The summed E-state index contributed by atoms with van der Waals surface area (Å²) >= 11 is 1.58. The largest absolute Gasteiger partial charge is 0.497 e. The highest BCUT2D eigenvalue weighted by atomic mass is 32.1. The summed E-state index contributed by atoms with van der Waals surface area (Å²) in [5.41, 5.74) is 5.53. The second-order valence-electron chi connectivity index (χ2n) is 6.99. The van der Waals surface area contributed by atoms with Crippen LogP contribution in [0.25, 0.3) is 33.2 Å². The molecule has 0 aliphatic rings. The Morgan fingerprint density at radius 3 is 2.44 bits per heavy atom. The van der Waals surface area contributed by atoms with E-state index in [1.54, 1.807) is 24.6 Å². The summed E-state index contributed by atoms with van der Waals surface area (Å²) in [5.74, 6) is 1.49. The van der Waals surface area contributed by atoms with Gasteiger partial charge >= 0.3 is 0 Å². The van der Waals surface area contributed by atoms with Gasteiger partial charge in [-0.05, 0) is 60.7 Å². The van der Waals surface area contributed by atoms with E-state index >= 15 is 0 Å². The van der Waals surface area contributed by atoms with Crippen LogP contribution in [0.4, 0.5) is 11.5 Å². The van der Waals surface area contributed by atoms with Gasteiger partial charge in [0.2, 0.25) is 0 Å². The number of anilines is 2. The SMILES string of the molecule is COc1ccc(-c2ccc(Nc3cccc(-c4csc(-c5ccccn5)n4)c3)nn2)cc1. The topological polar surface area (TPSA) is 72.8 Å². The summed E-state index contributed by atoms with van der Waals surface area (Å²) in [6, 6.07) is 25.5. The van der Waals surface area contributed by atoms with Gasteiger partial charge in [-0.1, -0.05) is 18.2 Å². The highest BCUT2D eigenvalue weighted by Gasteiger charge is 2.09. The summed E-state index contributed by atoms with van der Waals surface area (Å²) < 4.78 is 5.20. The van der Waals surface area contributed by atoms with Gasteiger partial charge in [-0.3, -0.25) is 4.98 Å². The predicted octanol–water partition coefficient (Wildman–Crippen LogP) is 6.08. The second kappa shape index (κ2) is 8.95. The summed E-state index contributed by atoms with van der Waals surface area (Å²) in [4.78, 5) is 9.13. The lowest BCUT2D eigenvalue weighted by atomic mass is 10.1. The standard InChI is InChI=1S/C25H19N5OS/c1-31-20-10-8-17(9-11-20)21-12-13-24(30-29-21)27-19-6-4-5-18(15-19)23-16-32-25(28-23)22-7-2-3-14-26-22/h2-16H,1H3,(H,27,30). The zero-order valence-corrected chi connectivity index (χ0v) is 18.1. The molecule has 2 aromatic carbocycles. The van der Waals surface area contributed by atoms with Crippen molar-refractivity contribution in [3.63, 3.8) is 0 Å². The minimum Gasteiger partial charge on any atom is -0.497 e. The first-order valence-corrected chi connectivity index (χ1v) is 10.9. The molecule has 0 unspecified atom stereocenters. The van der Waals surface area contributed by atoms with Gasteiger partial charge in [0.1, 0.15) is 10.8 Å². The number of hydrogen-bond acceptors (Lipinski definition) is 7. The summed E-state index contributed by atoms with van der Waals surface area (Å²) in [6.45, 7) is 0. The maximum atomic E-state index is 5.20. The van der Waals surface area contributed by atoms with Crippen LogP contribution in [0.1, 0.15) is 0 Å². The van der Waals surface area contributed by atoms with Crippen LogP contribution < -0.4 is 10.1 Å². The Hall–Kier alpha value is -4.10. The maximum absolute atomic E-state index is 5.20. The summed E-state index contributed by atoms with van der Waals surface area (Å²) in [5, 5.41) is 14.9. The molecule has 5 rings (SSSR count). The fourth-order valence-electron chi connectivity index (χ4n) is 3.23. The van der Waals surface area contributed by atoms with E-state index in [9.17, 15) is 0 Å². The average Bonchev–Trinajstić information content (AvgIpc) is 3.36. The lowest BCUT2D eigenvalue weighted by molar-refractivity contribution is 0.415. The number of ether oxygens (including phenoxy) is 1. The first kappa shape index (κ1) is 19.8. The molecule has 3 heterocycles. The Morgan fingerprint density at radius 2 is 1.69 bits per heavy atom. The minimum atomic E-state index is 0.673. The molecule has 6 nitrogen and oxygen atoms in total. The van der Waals surface area contributed by atoms with Crippen molar-refractivity contribution in [1.82, 2.24) is 20.2 Å². The van der Waals surface area contributed by atoms with Crippen LogP contribution in [-0.4, -0.2) is 27.3 Å². The third-order valence-corrected chi connectivity index (χ3v) is 5.73. The molecule has 32 heavy (non-hydrogen) atoms. The van der Waals surface area contributed by atoms with Gasteiger partial charge in [-0.25, -0.2) is 4.98 Å². The number of pyridine rings is 1. The maximum Gasteiger partial charge on any atom is 0.153 e. The monoisotopic (exact) mass is 437 g/mol. The fraction of sp³-hybridized carbons (Fsp3) is 0.0400.